The minimum atomic E-state index is -1.08. The Morgan fingerprint density at radius 2 is 1.86 bits per heavy atom. The topological polar surface area (TPSA) is 109 Å². The van der Waals surface area contributed by atoms with Gasteiger partial charge in [0.2, 0.25) is 0 Å². The molecule has 22 heavy (non-hydrogen) atoms. The van der Waals surface area contributed by atoms with Gasteiger partial charge in [0.05, 0.1) is 12.8 Å². The zero-order chi connectivity index (χ0) is 16.1. The molecule has 1 aromatic rings. The van der Waals surface area contributed by atoms with E-state index in [1.807, 2.05) is 10.6 Å². The number of carbonyl (C=O) groups is 2. The lowest BCUT2D eigenvalue weighted by Crippen LogP contribution is -2.44. The second-order valence-corrected chi connectivity index (χ2v) is 5.64. The molecule has 2 aliphatic rings. The van der Waals surface area contributed by atoms with Crippen LogP contribution in [0.1, 0.15) is 30.9 Å². The van der Waals surface area contributed by atoms with Crippen LogP contribution in [0.15, 0.2) is 23.0 Å². The van der Waals surface area contributed by atoms with Crippen molar-refractivity contribution in [3.8, 4) is 0 Å². The first-order valence-corrected chi connectivity index (χ1v) is 7.31. The molecule has 0 unspecified atom stereocenters. The van der Waals surface area contributed by atoms with Crippen molar-refractivity contribution in [2.75, 3.05) is 13.1 Å². The van der Waals surface area contributed by atoms with Crippen LogP contribution in [-0.2, 0) is 16.1 Å². The lowest BCUT2D eigenvalue weighted by molar-refractivity contribution is -0.143. The van der Waals surface area contributed by atoms with Crippen LogP contribution in [0.5, 0.6) is 0 Å². The van der Waals surface area contributed by atoms with Crippen LogP contribution >= 0.6 is 0 Å². The average Bonchev–Trinajstić information content (AvgIpc) is 2.47. The normalized spacial score (nSPS) is 22.0. The van der Waals surface area contributed by atoms with Gasteiger partial charge in [-0.3, -0.25) is 14.4 Å². The van der Waals surface area contributed by atoms with Crippen molar-refractivity contribution in [3.05, 3.63) is 34.2 Å². The Morgan fingerprint density at radius 1 is 1.18 bits per heavy atom. The van der Waals surface area contributed by atoms with Gasteiger partial charge in [-0.25, -0.2) is 0 Å². The van der Waals surface area contributed by atoms with Crippen molar-refractivity contribution < 1.29 is 19.8 Å². The van der Waals surface area contributed by atoms with E-state index in [9.17, 15) is 14.4 Å². The smallest absolute Gasteiger partial charge is 0.303 e. The molecule has 1 aromatic heterocycles. The first-order valence-electron chi connectivity index (χ1n) is 7.31. The maximum absolute atomic E-state index is 11.6. The van der Waals surface area contributed by atoms with Gasteiger partial charge in [0.25, 0.3) is 5.56 Å². The zero-order valence-electron chi connectivity index (χ0n) is 12.2. The number of nitrogens with one attached hydrogen (secondary N) is 1. The fraction of sp³-hybridized carbons (Fsp3) is 0.533. The number of nitrogens with zero attached hydrogens (tertiary/aromatic N) is 1. The first kappa shape index (κ1) is 16.2. The highest BCUT2D eigenvalue weighted by molar-refractivity contribution is 5.75. The van der Waals surface area contributed by atoms with Crippen molar-refractivity contribution in [2.24, 2.45) is 5.92 Å². The predicted molar refractivity (Wildman–Crippen MR) is 78.9 cm³/mol. The highest BCUT2D eigenvalue weighted by Crippen LogP contribution is 2.31. The molecule has 2 atom stereocenters. The zero-order valence-corrected chi connectivity index (χ0v) is 12.2. The maximum Gasteiger partial charge on any atom is 0.303 e. The number of pyridine rings is 1. The van der Waals surface area contributed by atoms with Crippen LogP contribution < -0.4 is 10.9 Å². The molecular formula is C15H20N2O5. The molecule has 0 amide bonds. The highest BCUT2D eigenvalue weighted by atomic mass is 16.4. The molecule has 3 heterocycles. The van der Waals surface area contributed by atoms with Crippen molar-refractivity contribution in [3.63, 3.8) is 0 Å². The quantitative estimate of drug-likeness (QED) is 0.750. The van der Waals surface area contributed by atoms with Crippen molar-refractivity contribution in [1.82, 2.24) is 9.88 Å². The second kappa shape index (κ2) is 7.22. The van der Waals surface area contributed by atoms with Gasteiger partial charge in [0, 0.05) is 30.8 Å². The first-order chi connectivity index (χ1) is 10.5. The van der Waals surface area contributed by atoms with Gasteiger partial charge in [-0.1, -0.05) is 6.07 Å². The molecule has 120 valence electrons. The van der Waals surface area contributed by atoms with E-state index in [2.05, 4.69) is 11.4 Å². The van der Waals surface area contributed by atoms with Crippen molar-refractivity contribution in [2.45, 2.75) is 31.7 Å². The molecule has 0 aliphatic carbocycles. The Kier molecular flexibility index (Phi) is 5.32. The summed E-state index contributed by atoms with van der Waals surface area (Å²) in [7, 11) is 0. The van der Waals surface area contributed by atoms with E-state index >= 15 is 0 Å². The summed E-state index contributed by atoms with van der Waals surface area (Å²) in [5.41, 5.74) is 1.39. The van der Waals surface area contributed by atoms with Gasteiger partial charge in [-0.05, 0) is 24.9 Å². The molecule has 3 N–H and O–H groups in total. The van der Waals surface area contributed by atoms with E-state index < -0.39 is 11.9 Å². The summed E-state index contributed by atoms with van der Waals surface area (Å²) in [4.78, 5) is 30.9. The number of carboxylic acids is 2. The van der Waals surface area contributed by atoms with Crippen LogP contribution in [0.3, 0.4) is 0 Å². The van der Waals surface area contributed by atoms with E-state index in [-0.39, 0.29) is 18.4 Å². The van der Waals surface area contributed by atoms with Crippen LogP contribution in [0.4, 0.5) is 0 Å². The number of fused-ring (bicyclic) bond motifs is 4. The molecule has 7 heteroatoms. The third kappa shape index (κ3) is 4.17. The number of piperidine rings is 1. The Balaban J connectivity index is 0.000000192. The van der Waals surface area contributed by atoms with Crippen LogP contribution in [0.25, 0.3) is 0 Å². The molecule has 0 aromatic carbocycles. The molecular weight excluding hydrogens is 288 g/mol. The van der Waals surface area contributed by atoms with E-state index in [1.165, 1.54) is 12.1 Å². The van der Waals surface area contributed by atoms with Gasteiger partial charge in [-0.15, -0.1) is 0 Å². The minimum absolute atomic E-state index is 0.166. The summed E-state index contributed by atoms with van der Waals surface area (Å²) in [6, 6.07) is 5.64. The summed E-state index contributed by atoms with van der Waals surface area (Å²) < 4.78 is 1.96. The molecule has 0 saturated carbocycles. The predicted octanol–water partition coefficient (Wildman–Crippen LogP) is 0.491. The van der Waals surface area contributed by atoms with Crippen LogP contribution in [0, 0.1) is 5.92 Å². The van der Waals surface area contributed by atoms with Crippen molar-refractivity contribution in [1.29, 1.82) is 0 Å². The molecule has 0 radical (unpaired) electrons. The fourth-order valence-corrected chi connectivity index (χ4v) is 2.96. The minimum Gasteiger partial charge on any atom is -0.481 e. The largest absolute Gasteiger partial charge is 0.481 e. The van der Waals surface area contributed by atoms with E-state index in [4.69, 9.17) is 10.2 Å². The third-order valence-corrected chi connectivity index (χ3v) is 3.94. The van der Waals surface area contributed by atoms with Gasteiger partial charge in [-0.2, -0.15) is 0 Å². The Labute approximate surface area is 127 Å². The molecule has 1 saturated heterocycles. The summed E-state index contributed by atoms with van der Waals surface area (Å²) in [5.74, 6) is -0.947. The maximum atomic E-state index is 11.6. The number of hydrogen-bond donors (Lipinski definition) is 3. The molecule has 3 rings (SSSR count). The summed E-state index contributed by atoms with van der Waals surface area (Å²) in [5, 5.41) is 19.2. The lowest BCUT2D eigenvalue weighted by Gasteiger charge is -2.37. The summed E-state index contributed by atoms with van der Waals surface area (Å²) in [6.45, 7) is 3.00. The Hall–Kier alpha value is -2.15. The summed E-state index contributed by atoms with van der Waals surface area (Å²) in [6.07, 6.45) is 0.654. The van der Waals surface area contributed by atoms with Gasteiger partial charge >= 0.3 is 11.9 Å². The molecule has 1 fully saturated rings. The van der Waals surface area contributed by atoms with Gasteiger partial charge in [0.15, 0.2) is 0 Å². The number of rotatable bonds is 3. The monoisotopic (exact) mass is 308 g/mol. The van der Waals surface area contributed by atoms with Gasteiger partial charge < -0.3 is 20.1 Å². The molecule has 0 spiro atoms. The lowest BCUT2D eigenvalue weighted by atomic mass is 9.84. The van der Waals surface area contributed by atoms with Gasteiger partial charge in [0.1, 0.15) is 0 Å². The fourth-order valence-electron chi connectivity index (χ4n) is 2.96. The van der Waals surface area contributed by atoms with Crippen molar-refractivity contribution >= 4 is 11.9 Å². The number of hydrogen-bond acceptors (Lipinski definition) is 4. The third-order valence-electron chi connectivity index (χ3n) is 3.94. The highest BCUT2D eigenvalue weighted by Gasteiger charge is 2.30. The standard InChI is InChI=1S/C11H14N2O.C4H6O4/c14-11-3-1-2-10-9-4-8(5-12-6-9)7-13(10)11;5-3(6)1-2-4(7)8/h1-3,8-9,12H,4-7H2;1-2H2,(H,5,6)(H,7,8)/t8-,9+;/m0./s1. The summed E-state index contributed by atoms with van der Waals surface area (Å²) >= 11 is 0. The Bertz CT molecular complexity index is 596. The number of aromatic nitrogens is 1. The van der Waals surface area contributed by atoms with Crippen LogP contribution in [0.2, 0.25) is 0 Å². The number of carboxylic acid groups (broad SMARTS) is 2. The SMILES string of the molecule is O=C(O)CCC(=O)O.O=c1cccc2n1C[C@@H]1CNC[C@H]2C1. The molecule has 2 aliphatic heterocycles. The molecule has 2 bridgehead atoms. The van der Waals surface area contributed by atoms with E-state index in [1.54, 1.807) is 6.07 Å². The Morgan fingerprint density at radius 3 is 2.50 bits per heavy atom. The van der Waals surface area contributed by atoms with Crippen LogP contribution in [-0.4, -0.2) is 39.8 Å². The van der Waals surface area contributed by atoms with E-state index in [0.29, 0.717) is 11.8 Å². The molecule has 7 nitrogen and oxygen atoms in total. The second-order valence-electron chi connectivity index (χ2n) is 5.64. The average molecular weight is 308 g/mol. The van der Waals surface area contributed by atoms with E-state index in [0.717, 1.165) is 19.6 Å². The number of aliphatic carboxylic acids is 2.